The third kappa shape index (κ3) is 2.15. The number of anilines is 1. The molecule has 0 saturated carbocycles. The van der Waals surface area contributed by atoms with Crippen LogP contribution in [0.3, 0.4) is 0 Å². The van der Waals surface area contributed by atoms with Crippen molar-refractivity contribution in [2.45, 2.75) is 24.9 Å². The van der Waals surface area contributed by atoms with Crippen LogP contribution in [0.15, 0.2) is 17.6 Å². The smallest absolute Gasteiger partial charge is 0.351 e. The van der Waals surface area contributed by atoms with Crippen molar-refractivity contribution in [3.63, 3.8) is 0 Å². The summed E-state index contributed by atoms with van der Waals surface area (Å²) in [6.45, 7) is 3.27. The summed E-state index contributed by atoms with van der Waals surface area (Å²) in [4.78, 5) is 15.4. The SMILES string of the molecule is C=Cc1cn([C@@H]2C[C@@H](O)[C@H](CO)O2)c(=O)nc1N. The van der Waals surface area contributed by atoms with Gasteiger partial charge < -0.3 is 20.7 Å². The van der Waals surface area contributed by atoms with Gasteiger partial charge in [0.15, 0.2) is 0 Å². The fourth-order valence-corrected chi connectivity index (χ4v) is 1.91. The van der Waals surface area contributed by atoms with Gasteiger partial charge in [0, 0.05) is 18.2 Å². The van der Waals surface area contributed by atoms with Crippen molar-refractivity contribution in [2.24, 2.45) is 0 Å². The highest BCUT2D eigenvalue weighted by Gasteiger charge is 2.35. The zero-order valence-electron chi connectivity index (χ0n) is 9.69. The van der Waals surface area contributed by atoms with Gasteiger partial charge in [0.1, 0.15) is 18.1 Å². The van der Waals surface area contributed by atoms with E-state index in [-0.39, 0.29) is 18.8 Å². The summed E-state index contributed by atoms with van der Waals surface area (Å²) in [5.74, 6) is 0.100. The average molecular weight is 253 g/mol. The number of ether oxygens (including phenoxy) is 1. The molecule has 1 aliphatic heterocycles. The number of aliphatic hydroxyl groups excluding tert-OH is 2. The number of nitrogens with zero attached hydrogens (tertiary/aromatic N) is 2. The summed E-state index contributed by atoms with van der Waals surface area (Å²) < 4.78 is 6.62. The predicted octanol–water partition coefficient (Wildman–Crippen LogP) is -0.891. The van der Waals surface area contributed by atoms with E-state index in [1.807, 2.05) is 0 Å². The Hall–Kier alpha value is -1.70. The summed E-state index contributed by atoms with van der Waals surface area (Å²) in [5.41, 5.74) is 5.51. The molecule has 0 spiro atoms. The van der Waals surface area contributed by atoms with E-state index < -0.39 is 24.1 Å². The summed E-state index contributed by atoms with van der Waals surface area (Å²) in [7, 11) is 0. The third-order valence-corrected chi connectivity index (χ3v) is 2.93. The maximum atomic E-state index is 11.7. The lowest BCUT2D eigenvalue weighted by Gasteiger charge is -2.15. The zero-order valence-corrected chi connectivity index (χ0v) is 9.69. The lowest BCUT2D eigenvalue weighted by Crippen LogP contribution is -2.28. The fraction of sp³-hybridized carbons (Fsp3) is 0.455. The van der Waals surface area contributed by atoms with Crippen molar-refractivity contribution >= 4 is 11.9 Å². The first kappa shape index (κ1) is 12.7. The molecule has 7 heteroatoms. The van der Waals surface area contributed by atoms with Crippen LogP contribution < -0.4 is 11.4 Å². The van der Waals surface area contributed by atoms with E-state index in [0.29, 0.717) is 5.56 Å². The molecule has 4 N–H and O–H groups in total. The molecule has 2 rings (SSSR count). The number of rotatable bonds is 3. The average Bonchev–Trinajstić information content (AvgIpc) is 2.70. The maximum absolute atomic E-state index is 11.7. The van der Waals surface area contributed by atoms with E-state index in [1.54, 1.807) is 0 Å². The molecular formula is C11H15N3O4. The molecule has 0 radical (unpaired) electrons. The van der Waals surface area contributed by atoms with Gasteiger partial charge in [-0.2, -0.15) is 4.98 Å². The lowest BCUT2D eigenvalue weighted by molar-refractivity contribution is -0.0458. The minimum Gasteiger partial charge on any atom is -0.394 e. The second-order valence-electron chi connectivity index (χ2n) is 4.09. The molecule has 2 heterocycles. The molecule has 1 saturated heterocycles. The van der Waals surface area contributed by atoms with Crippen molar-refractivity contribution < 1.29 is 14.9 Å². The Morgan fingerprint density at radius 2 is 2.44 bits per heavy atom. The maximum Gasteiger partial charge on any atom is 0.351 e. The fourth-order valence-electron chi connectivity index (χ4n) is 1.91. The van der Waals surface area contributed by atoms with E-state index in [0.717, 1.165) is 0 Å². The lowest BCUT2D eigenvalue weighted by atomic mass is 10.2. The Bertz CT molecular complexity index is 514. The molecule has 0 amide bonds. The van der Waals surface area contributed by atoms with Crippen LogP contribution in [0.4, 0.5) is 5.82 Å². The van der Waals surface area contributed by atoms with Crippen molar-refractivity contribution in [3.05, 3.63) is 28.8 Å². The molecule has 0 bridgehead atoms. The largest absolute Gasteiger partial charge is 0.394 e. The molecule has 1 aromatic heterocycles. The van der Waals surface area contributed by atoms with E-state index >= 15 is 0 Å². The van der Waals surface area contributed by atoms with Crippen molar-refractivity contribution in [2.75, 3.05) is 12.3 Å². The number of hydrogen-bond acceptors (Lipinski definition) is 6. The van der Waals surface area contributed by atoms with Crippen LogP contribution in [0.2, 0.25) is 0 Å². The van der Waals surface area contributed by atoms with E-state index in [9.17, 15) is 9.90 Å². The molecule has 7 nitrogen and oxygen atoms in total. The molecule has 1 aromatic rings. The minimum atomic E-state index is -0.809. The molecule has 0 unspecified atom stereocenters. The molecule has 98 valence electrons. The van der Waals surface area contributed by atoms with Crippen molar-refractivity contribution in [3.8, 4) is 0 Å². The number of aliphatic hydroxyl groups is 2. The van der Waals surface area contributed by atoms with Crippen LogP contribution in [0.25, 0.3) is 6.08 Å². The van der Waals surface area contributed by atoms with Crippen LogP contribution >= 0.6 is 0 Å². The second kappa shape index (κ2) is 4.89. The van der Waals surface area contributed by atoms with Gasteiger partial charge in [-0.25, -0.2) is 4.79 Å². The third-order valence-electron chi connectivity index (χ3n) is 2.93. The number of hydrogen-bond donors (Lipinski definition) is 3. The molecule has 0 aliphatic carbocycles. The number of nitrogen functional groups attached to an aromatic ring is 1. The van der Waals surface area contributed by atoms with Crippen LogP contribution in [0.1, 0.15) is 18.2 Å². The summed E-state index contributed by atoms with van der Waals surface area (Å²) in [6.07, 6.45) is 1.02. The molecule has 1 fully saturated rings. The monoisotopic (exact) mass is 253 g/mol. The number of nitrogens with two attached hydrogens (primary N) is 1. The van der Waals surface area contributed by atoms with Gasteiger partial charge in [0.2, 0.25) is 0 Å². The Kier molecular flexibility index (Phi) is 3.46. The highest BCUT2D eigenvalue weighted by atomic mass is 16.5. The van der Waals surface area contributed by atoms with Crippen LogP contribution in [0, 0.1) is 0 Å². The molecular weight excluding hydrogens is 238 g/mol. The Labute approximate surface area is 103 Å². The standard InChI is InChI=1S/C11H15N3O4/c1-2-6-4-14(11(17)13-10(6)12)9-3-7(16)8(5-15)18-9/h2,4,7-9,15-16H,1,3,5H2,(H2,12,13,17)/t7-,8+,9+/m1/s1. The van der Waals surface area contributed by atoms with Gasteiger partial charge >= 0.3 is 5.69 Å². The Morgan fingerprint density at radius 3 is 3.00 bits per heavy atom. The topological polar surface area (TPSA) is 111 Å². The Morgan fingerprint density at radius 1 is 1.72 bits per heavy atom. The van der Waals surface area contributed by atoms with E-state index in [2.05, 4.69) is 11.6 Å². The van der Waals surface area contributed by atoms with Gasteiger partial charge in [-0.15, -0.1) is 0 Å². The Balaban J connectivity index is 2.35. The van der Waals surface area contributed by atoms with Gasteiger partial charge in [-0.1, -0.05) is 12.7 Å². The minimum absolute atomic E-state index is 0.100. The zero-order chi connectivity index (χ0) is 13.3. The molecule has 0 aromatic carbocycles. The van der Waals surface area contributed by atoms with Crippen LogP contribution in [-0.4, -0.2) is 38.6 Å². The summed E-state index contributed by atoms with van der Waals surface area (Å²) in [6, 6.07) is 0. The van der Waals surface area contributed by atoms with E-state index in [4.69, 9.17) is 15.6 Å². The summed E-state index contributed by atoms with van der Waals surface area (Å²) in [5, 5.41) is 18.6. The van der Waals surface area contributed by atoms with Gasteiger partial charge in [0.25, 0.3) is 0 Å². The number of aromatic nitrogens is 2. The molecule has 3 atom stereocenters. The van der Waals surface area contributed by atoms with Gasteiger partial charge in [-0.05, 0) is 0 Å². The molecule has 18 heavy (non-hydrogen) atoms. The summed E-state index contributed by atoms with van der Waals surface area (Å²) >= 11 is 0. The van der Waals surface area contributed by atoms with Crippen LogP contribution in [0.5, 0.6) is 0 Å². The highest BCUT2D eigenvalue weighted by molar-refractivity contribution is 5.57. The quantitative estimate of drug-likeness (QED) is 0.644. The van der Waals surface area contributed by atoms with Crippen molar-refractivity contribution in [1.82, 2.24) is 9.55 Å². The predicted molar refractivity (Wildman–Crippen MR) is 64.6 cm³/mol. The van der Waals surface area contributed by atoms with Crippen molar-refractivity contribution in [1.29, 1.82) is 0 Å². The first-order valence-electron chi connectivity index (χ1n) is 5.52. The highest BCUT2D eigenvalue weighted by Crippen LogP contribution is 2.27. The first-order chi connectivity index (χ1) is 8.56. The van der Waals surface area contributed by atoms with E-state index in [1.165, 1.54) is 16.8 Å². The van der Waals surface area contributed by atoms with Gasteiger partial charge in [-0.3, -0.25) is 4.57 Å². The molecule has 1 aliphatic rings. The normalized spacial score (nSPS) is 27.3. The van der Waals surface area contributed by atoms with Gasteiger partial charge in [0.05, 0.1) is 12.7 Å². The second-order valence-corrected chi connectivity index (χ2v) is 4.09. The van der Waals surface area contributed by atoms with Crippen LogP contribution in [-0.2, 0) is 4.74 Å². The first-order valence-corrected chi connectivity index (χ1v) is 5.52.